The number of carboxylic acid groups (broad SMARTS) is 1. The summed E-state index contributed by atoms with van der Waals surface area (Å²) in [6.07, 6.45) is -0.436. The number of nitrogens with two attached hydrogens (primary N) is 1. The Kier molecular flexibility index (Phi) is 6.52. The second-order valence-electron chi connectivity index (χ2n) is 7.99. The van der Waals surface area contributed by atoms with Crippen LogP contribution in [0.25, 0.3) is 11.1 Å². The monoisotopic (exact) mass is 430 g/mol. The van der Waals surface area contributed by atoms with Crippen LogP contribution in [0.3, 0.4) is 0 Å². The van der Waals surface area contributed by atoms with Crippen molar-refractivity contribution in [2.24, 2.45) is 5.73 Å². The Hall–Kier alpha value is -3.64. The summed E-state index contributed by atoms with van der Waals surface area (Å²) in [5.74, 6) is -1.03. The predicted octanol–water partition coefficient (Wildman–Crippen LogP) is 4.07. The number of amides is 1. The van der Waals surface area contributed by atoms with Crippen LogP contribution < -0.4 is 11.1 Å². The first kappa shape index (κ1) is 21.6. The van der Waals surface area contributed by atoms with Gasteiger partial charge in [0, 0.05) is 18.5 Å². The van der Waals surface area contributed by atoms with E-state index in [9.17, 15) is 14.7 Å². The second-order valence-corrected chi connectivity index (χ2v) is 7.99. The predicted molar refractivity (Wildman–Crippen MR) is 122 cm³/mol. The fraction of sp³-hybridized carbons (Fsp3) is 0.231. The summed E-state index contributed by atoms with van der Waals surface area (Å²) in [4.78, 5) is 23.9. The fourth-order valence-electron chi connectivity index (χ4n) is 4.36. The van der Waals surface area contributed by atoms with E-state index < -0.39 is 18.1 Å². The smallest absolute Gasteiger partial charge is 0.407 e. The Balaban J connectivity index is 1.43. The van der Waals surface area contributed by atoms with E-state index in [4.69, 9.17) is 10.5 Å². The summed E-state index contributed by atoms with van der Waals surface area (Å²) in [6.45, 7) is 0.583. The van der Waals surface area contributed by atoms with Crippen molar-refractivity contribution >= 4 is 12.1 Å². The van der Waals surface area contributed by atoms with E-state index in [1.54, 1.807) is 0 Å². The van der Waals surface area contributed by atoms with Crippen molar-refractivity contribution in [2.75, 3.05) is 6.61 Å². The molecule has 1 aliphatic carbocycles. The van der Waals surface area contributed by atoms with Crippen molar-refractivity contribution in [3.63, 3.8) is 0 Å². The molecule has 4 rings (SSSR count). The van der Waals surface area contributed by atoms with E-state index in [1.807, 2.05) is 48.5 Å². The van der Waals surface area contributed by atoms with Gasteiger partial charge >= 0.3 is 12.1 Å². The zero-order valence-corrected chi connectivity index (χ0v) is 17.7. The van der Waals surface area contributed by atoms with Crippen molar-refractivity contribution in [3.05, 3.63) is 95.1 Å². The SMILES string of the molecule is NCc1cccc(C[C@@H](CC(=O)O)NC(=O)OCC2c3ccccc3-c3ccccc32)c1. The van der Waals surface area contributed by atoms with Gasteiger partial charge in [0.1, 0.15) is 6.61 Å². The summed E-state index contributed by atoms with van der Waals surface area (Å²) >= 11 is 0. The number of hydrogen-bond acceptors (Lipinski definition) is 4. The summed E-state index contributed by atoms with van der Waals surface area (Å²) < 4.78 is 5.57. The Labute approximate surface area is 187 Å². The second kappa shape index (κ2) is 9.66. The van der Waals surface area contributed by atoms with Crippen LogP contribution in [-0.4, -0.2) is 29.8 Å². The van der Waals surface area contributed by atoms with Gasteiger partial charge in [-0.1, -0.05) is 72.8 Å². The Morgan fingerprint density at radius 1 is 0.938 bits per heavy atom. The first-order valence-corrected chi connectivity index (χ1v) is 10.7. The van der Waals surface area contributed by atoms with Crippen LogP contribution in [0.2, 0.25) is 0 Å². The third-order valence-corrected chi connectivity index (χ3v) is 5.80. The lowest BCUT2D eigenvalue weighted by Gasteiger charge is -2.19. The maximum absolute atomic E-state index is 12.6. The first-order chi connectivity index (χ1) is 15.5. The van der Waals surface area contributed by atoms with Gasteiger partial charge in [-0.2, -0.15) is 0 Å². The molecule has 0 spiro atoms. The molecule has 164 valence electrons. The zero-order chi connectivity index (χ0) is 22.5. The molecule has 32 heavy (non-hydrogen) atoms. The van der Waals surface area contributed by atoms with Crippen LogP contribution in [0.4, 0.5) is 4.79 Å². The Bertz CT molecular complexity index is 1080. The van der Waals surface area contributed by atoms with Crippen molar-refractivity contribution < 1.29 is 19.4 Å². The van der Waals surface area contributed by atoms with Gasteiger partial charge in [-0.3, -0.25) is 4.79 Å². The third kappa shape index (κ3) is 4.81. The highest BCUT2D eigenvalue weighted by Gasteiger charge is 2.29. The van der Waals surface area contributed by atoms with Crippen LogP contribution in [0.15, 0.2) is 72.8 Å². The number of hydrogen-bond donors (Lipinski definition) is 3. The average molecular weight is 431 g/mol. The molecule has 1 aliphatic rings. The topological polar surface area (TPSA) is 102 Å². The summed E-state index contributed by atoms with van der Waals surface area (Å²) in [5.41, 5.74) is 12.1. The molecule has 0 fully saturated rings. The van der Waals surface area contributed by atoms with Crippen molar-refractivity contribution in [2.45, 2.75) is 31.3 Å². The Morgan fingerprint density at radius 2 is 1.56 bits per heavy atom. The van der Waals surface area contributed by atoms with Gasteiger partial charge in [0.2, 0.25) is 0 Å². The molecular formula is C26H26N2O4. The number of benzene rings is 3. The molecule has 3 aromatic carbocycles. The molecule has 0 bridgehead atoms. The number of carbonyl (C=O) groups excluding carboxylic acids is 1. The van der Waals surface area contributed by atoms with Crippen LogP contribution in [0, 0.1) is 0 Å². The minimum Gasteiger partial charge on any atom is -0.481 e. The van der Waals surface area contributed by atoms with E-state index in [1.165, 1.54) is 0 Å². The molecule has 0 aromatic heterocycles. The molecule has 0 unspecified atom stereocenters. The maximum Gasteiger partial charge on any atom is 0.407 e. The van der Waals surface area contributed by atoms with Crippen molar-refractivity contribution in [1.29, 1.82) is 0 Å². The van der Waals surface area contributed by atoms with Gasteiger partial charge in [0.05, 0.1) is 6.42 Å². The van der Waals surface area contributed by atoms with Crippen molar-refractivity contribution in [3.8, 4) is 11.1 Å². The number of alkyl carbamates (subject to hydrolysis) is 1. The number of carbonyl (C=O) groups is 2. The van der Waals surface area contributed by atoms with Crippen LogP contribution in [-0.2, 0) is 22.5 Å². The molecule has 3 aromatic rings. The first-order valence-electron chi connectivity index (χ1n) is 10.7. The van der Waals surface area contributed by atoms with Gasteiger partial charge in [0.25, 0.3) is 0 Å². The number of fused-ring (bicyclic) bond motifs is 3. The highest BCUT2D eigenvalue weighted by atomic mass is 16.5. The average Bonchev–Trinajstić information content (AvgIpc) is 3.11. The van der Waals surface area contributed by atoms with Gasteiger partial charge in [-0.15, -0.1) is 0 Å². The Morgan fingerprint density at radius 3 is 2.19 bits per heavy atom. The molecular weight excluding hydrogens is 404 g/mol. The van der Waals surface area contributed by atoms with Crippen molar-refractivity contribution in [1.82, 2.24) is 5.32 Å². The lowest BCUT2D eigenvalue weighted by Crippen LogP contribution is -2.39. The molecule has 0 aliphatic heterocycles. The van der Waals surface area contributed by atoms with E-state index in [0.717, 1.165) is 33.4 Å². The van der Waals surface area contributed by atoms with Crippen LogP contribution >= 0.6 is 0 Å². The normalized spacial score (nSPS) is 13.2. The highest BCUT2D eigenvalue weighted by Crippen LogP contribution is 2.44. The fourth-order valence-corrected chi connectivity index (χ4v) is 4.36. The molecule has 0 saturated carbocycles. The number of rotatable bonds is 8. The summed E-state index contributed by atoms with van der Waals surface area (Å²) in [6, 6.07) is 23.3. The zero-order valence-electron chi connectivity index (χ0n) is 17.7. The molecule has 4 N–H and O–H groups in total. The lowest BCUT2D eigenvalue weighted by atomic mass is 9.98. The highest BCUT2D eigenvalue weighted by molar-refractivity contribution is 5.79. The van der Waals surface area contributed by atoms with E-state index in [2.05, 4.69) is 29.6 Å². The number of aliphatic carboxylic acids is 1. The quantitative estimate of drug-likeness (QED) is 0.500. The van der Waals surface area contributed by atoms with Gasteiger partial charge in [-0.05, 0) is 39.8 Å². The van der Waals surface area contributed by atoms with E-state index in [-0.39, 0.29) is 18.9 Å². The van der Waals surface area contributed by atoms with Crippen LogP contribution in [0.5, 0.6) is 0 Å². The molecule has 1 amide bonds. The number of ether oxygens (including phenoxy) is 1. The lowest BCUT2D eigenvalue weighted by molar-refractivity contribution is -0.137. The molecule has 0 heterocycles. The van der Waals surface area contributed by atoms with Crippen LogP contribution in [0.1, 0.15) is 34.6 Å². The van der Waals surface area contributed by atoms with E-state index in [0.29, 0.717) is 13.0 Å². The van der Waals surface area contributed by atoms with Gasteiger partial charge in [-0.25, -0.2) is 4.79 Å². The maximum atomic E-state index is 12.6. The van der Waals surface area contributed by atoms with Gasteiger partial charge < -0.3 is 20.9 Å². The molecule has 0 saturated heterocycles. The largest absolute Gasteiger partial charge is 0.481 e. The molecule has 6 nitrogen and oxygen atoms in total. The minimum absolute atomic E-state index is 0.0488. The molecule has 0 radical (unpaired) electrons. The summed E-state index contributed by atoms with van der Waals surface area (Å²) in [5, 5.41) is 12.0. The summed E-state index contributed by atoms with van der Waals surface area (Å²) in [7, 11) is 0. The standard InChI is InChI=1S/C26H26N2O4/c27-15-18-7-5-6-17(12-18)13-19(14-25(29)30)28-26(31)32-16-24-22-10-3-1-8-20(22)21-9-2-4-11-23(21)24/h1-12,19,24H,13-16,27H2,(H,28,31)(H,29,30)/t19-/m0/s1. The van der Waals surface area contributed by atoms with E-state index >= 15 is 0 Å². The van der Waals surface area contributed by atoms with Gasteiger partial charge in [0.15, 0.2) is 0 Å². The molecule has 1 atom stereocenters. The number of carboxylic acids is 1. The minimum atomic E-state index is -0.982. The third-order valence-electron chi connectivity index (χ3n) is 5.80. The number of nitrogens with one attached hydrogen (secondary N) is 1. The molecule has 6 heteroatoms.